The molecule has 0 atom stereocenters. The highest BCUT2D eigenvalue weighted by Crippen LogP contribution is 2.33. The first-order valence-electron chi connectivity index (χ1n) is 5.35. The van der Waals surface area contributed by atoms with Crippen molar-refractivity contribution in [3.8, 4) is 0 Å². The van der Waals surface area contributed by atoms with Gasteiger partial charge in [-0.15, -0.1) is 0 Å². The van der Waals surface area contributed by atoms with Crippen molar-refractivity contribution in [2.24, 2.45) is 0 Å². The van der Waals surface area contributed by atoms with E-state index < -0.39 is 5.67 Å². The highest BCUT2D eigenvalue weighted by molar-refractivity contribution is 5.04. The summed E-state index contributed by atoms with van der Waals surface area (Å²) in [4.78, 5) is 4.12. The first-order chi connectivity index (χ1) is 7.12. The smallest absolute Gasteiger partial charge is 0.229 e. The van der Waals surface area contributed by atoms with Crippen LogP contribution in [-0.2, 0) is 5.67 Å². The van der Waals surface area contributed by atoms with E-state index in [1.807, 2.05) is 13.8 Å². The Morgan fingerprint density at radius 1 is 1.40 bits per heavy atom. The van der Waals surface area contributed by atoms with Gasteiger partial charge in [0.15, 0.2) is 5.67 Å². The monoisotopic (exact) mass is 213 g/mol. The molecule has 1 fully saturated rings. The Hall–Kier alpha value is -0.970. The quantitative estimate of drug-likeness (QED) is 0.813. The van der Waals surface area contributed by atoms with E-state index >= 15 is 0 Å². The SMILES string of the molecule is CC(C)c1nc(C2(F)CCNCC2)no1. The van der Waals surface area contributed by atoms with Crippen molar-refractivity contribution in [3.63, 3.8) is 0 Å². The number of hydrogen-bond donors (Lipinski definition) is 1. The number of aromatic nitrogens is 2. The van der Waals surface area contributed by atoms with Crippen LogP contribution in [0.4, 0.5) is 4.39 Å². The second kappa shape index (κ2) is 3.89. The third-order valence-corrected chi connectivity index (χ3v) is 2.73. The van der Waals surface area contributed by atoms with Gasteiger partial charge >= 0.3 is 0 Å². The molecule has 4 nitrogen and oxygen atoms in total. The molecule has 1 N–H and O–H groups in total. The summed E-state index contributed by atoms with van der Waals surface area (Å²) in [6.45, 7) is 5.24. The van der Waals surface area contributed by atoms with Crippen LogP contribution in [-0.4, -0.2) is 23.2 Å². The van der Waals surface area contributed by atoms with Gasteiger partial charge in [0.2, 0.25) is 11.7 Å². The number of nitrogens with zero attached hydrogens (tertiary/aromatic N) is 2. The predicted molar refractivity (Wildman–Crippen MR) is 53.3 cm³/mol. The molecule has 0 radical (unpaired) electrons. The van der Waals surface area contributed by atoms with Gasteiger partial charge in [-0.3, -0.25) is 0 Å². The third kappa shape index (κ3) is 2.02. The van der Waals surface area contributed by atoms with Crippen molar-refractivity contribution in [3.05, 3.63) is 11.7 Å². The van der Waals surface area contributed by atoms with Crippen LogP contribution >= 0.6 is 0 Å². The average molecular weight is 213 g/mol. The topological polar surface area (TPSA) is 51.0 Å². The highest BCUT2D eigenvalue weighted by Gasteiger charge is 2.38. The minimum Gasteiger partial charge on any atom is -0.339 e. The van der Waals surface area contributed by atoms with Gasteiger partial charge in [-0.2, -0.15) is 4.98 Å². The van der Waals surface area contributed by atoms with Gasteiger partial charge in [0.25, 0.3) is 0 Å². The summed E-state index contributed by atoms with van der Waals surface area (Å²) in [7, 11) is 0. The van der Waals surface area contributed by atoms with Crippen LogP contribution < -0.4 is 5.32 Å². The Morgan fingerprint density at radius 3 is 2.60 bits per heavy atom. The van der Waals surface area contributed by atoms with Crippen LogP contribution in [0.15, 0.2) is 4.52 Å². The number of rotatable bonds is 2. The molecule has 15 heavy (non-hydrogen) atoms. The van der Waals surface area contributed by atoms with Crippen molar-refractivity contribution in [1.82, 2.24) is 15.5 Å². The number of nitrogens with one attached hydrogen (secondary N) is 1. The molecule has 0 aliphatic carbocycles. The van der Waals surface area contributed by atoms with Crippen molar-refractivity contribution < 1.29 is 8.91 Å². The third-order valence-electron chi connectivity index (χ3n) is 2.73. The van der Waals surface area contributed by atoms with Crippen molar-refractivity contribution in [2.45, 2.75) is 38.3 Å². The van der Waals surface area contributed by atoms with E-state index in [9.17, 15) is 4.39 Å². The molecule has 84 valence electrons. The molecule has 0 aromatic carbocycles. The molecule has 2 heterocycles. The minimum atomic E-state index is -1.40. The molecule has 2 rings (SSSR count). The molecule has 5 heteroatoms. The zero-order valence-electron chi connectivity index (χ0n) is 9.09. The fourth-order valence-electron chi connectivity index (χ4n) is 1.70. The van der Waals surface area contributed by atoms with Gasteiger partial charge < -0.3 is 9.84 Å². The Labute approximate surface area is 88.2 Å². The fourth-order valence-corrected chi connectivity index (χ4v) is 1.70. The van der Waals surface area contributed by atoms with E-state index in [1.165, 1.54) is 0 Å². The van der Waals surface area contributed by atoms with Crippen molar-refractivity contribution in [2.75, 3.05) is 13.1 Å². The fraction of sp³-hybridized carbons (Fsp3) is 0.800. The normalized spacial score (nSPS) is 20.8. The molecule has 0 spiro atoms. The first-order valence-corrected chi connectivity index (χ1v) is 5.35. The zero-order valence-corrected chi connectivity index (χ0v) is 9.09. The van der Waals surface area contributed by atoms with Crippen molar-refractivity contribution >= 4 is 0 Å². The van der Waals surface area contributed by atoms with E-state index in [-0.39, 0.29) is 11.7 Å². The number of alkyl halides is 1. The predicted octanol–water partition coefficient (Wildman–Crippen LogP) is 1.74. The summed E-state index contributed by atoms with van der Waals surface area (Å²) in [6, 6.07) is 0. The zero-order chi connectivity index (χ0) is 10.9. The molecule has 0 amide bonds. The molecule has 1 aliphatic heterocycles. The van der Waals surface area contributed by atoms with Gasteiger partial charge in [0.05, 0.1) is 0 Å². The van der Waals surface area contributed by atoms with E-state index in [0.717, 1.165) is 0 Å². The lowest BCUT2D eigenvalue weighted by atomic mass is 9.94. The summed E-state index contributed by atoms with van der Waals surface area (Å²) in [5.74, 6) is 0.879. The Balaban J connectivity index is 2.20. The lowest BCUT2D eigenvalue weighted by molar-refractivity contribution is 0.101. The maximum atomic E-state index is 14.4. The Morgan fingerprint density at radius 2 is 2.07 bits per heavy atom. The standard InChI is InChI=1S/C10H16FN3O/c1-7(2)8-13-9(14-15-8)10(11)3-5-12-6-4-10/h7,12H,3-6H2,1-2H3. The number of hydrogen-bond acceptors (Lipinski definition) is 4. The maximum absolute atomic E-state index is 14.4. The van der Waals surface area contributed by atoms with Crippen LogP contribution in [0.5, 0.6) is 0 Å². The number of piperidine rings is 1. The lowest BCUT2D eigenvalue weighted by Crippen LogP contribution is -2.37. The minimum absolute atomic E-state index is 0.150. The van der Waals surface area contributed by atoms with Crippen LogP contribution in [0.2, 0.25) is 0 Å². The molecule has 0 bridgehead atoms. The molecule has 1 saturated heterocycles. The highest BCUT2D eigenvalue weighted by atomic mass is 19.1. The van der Waals surface area contributed by atoms with Gasteiger partial charge in [0.1, 0.15) is 0 Å². The lowest BCUT2D eigenvalue weighted by Gasteiger charge is -2.26. The van der Waals surface area contributed by atoms with Crippen LogP contribution in [0.3, 0.4) is 0 Å². The molecule has 1 aromatic rings. The largest absolute Gasteiger partial charge is 0.339 e. The second-order valence-electron chi connectivity index (χ2n) is 4.33. The van der Waals surface area contributed by atoms with Gasteiger partial charge in [-0.05, 0) is 13.1 Å². The van der Waals surface area contributed by atoms with E-state index in [4.69, 9.17) is 4.52 Å². The van der Waals surface area contributed by atoms with Crippen LogP contribution in [0.25, 0.3) is 0 Å². The molecule has 0 saturated carbocycles. The molecular formula is C10H16FN3O. The summed E-state index contributed by atoms with van der Waals surface area (Å²) < 4.78 is 19.4. The summed E-state index contributed by atoms with van der Waals surface area (Å²) in [6.07, 6.45) is 0.841. The van der Waals surface area contributed by atoms with E-state index in [0.29, 0.717) is 31.8 Å². The summed E-state index contributed by atoms with van der Waals surface area (Å²) in [5.41, 5.74) is -1.40. The number of halogens is 1. The molecule has 0 unspecified atom stereocenters. The average Bonchev–Trinajstić information content (AvgIpc) is 2.68. The molecular weight excluding hydrogens is 197 g/mol. The van der Waals surface area contributed by atoms with Crippen LogP contribution in [0.1, 0.15) is 44.3 Å². The van der Waals surface area contributed by atoms with Crippen molar-refractivity contribution in [1.29, 1.82) is 0 Å². The Kier molecular flexibility index (Phi) is 2.73. The first kappa shape index (κ1) is 10.5. The summed E-state index contributed by atoms with van der Waals surface area (Å²) >= 11 is 0. The maximum Gasteiger partial charge on any atom is 0.229 e. The Bertz CT molecular complexity index is 331. The van der Waals surface area contributed by atoms with Crippen LogP contribution in [0, 0.1) is 0 Å². The van der Waals surface area contributed by atoms with E-state index in [1.54, 1.807) is 0 Å². The second-order valence-corrected chi connectivity index (χ2v) is 4.33. The molecule has 1 aliphatic rings. The molecule has 1 aromatic heterocycles. The van der Waals surface area contributed by atoms with Gasteiger partial charge in [-0.1, -0.05) is 19.0 Å². The van der Waals surface area contributed by atoms with Gasteiger partial charge in [0, 0.05) is 18.8 Å². The van der Waals surface area contributed by atoms with Gasteiger partial charge in [-0.25, -0.2) is 4.39 Å². The summed E-state index contributed by atoms with van der Waals surface area (Å²) in [5, 5.41) is 6.86. The van der Waals surface area contributed by atoms with E-state index in [2.05, 4.69) is 15.5 Å².